The van der Waals surface area contributed by atoms with E-state index in [0.29, 0.717) is 6.42 Å². The Morgan fingerprint density at radius 3 is 2.50 bits per heavy atom. The summed E-state index contributed by atoms with van der Waals surface area (Å²) >= 11 is 0. The van der Waals surface area contributed by atoms with Gasteiger partial charge in [0.15, 0.2) is 0 Å². The molecular weight excluding hydrogens is 225 g/mol. The maximum atomic E-state index is 11.1. The number of carbonyl (C=O) groups is 3. The number of ether oxygens (including phenoxy) is 1. The third-order valence-corrected chi connectivity index (χ3v) is 2.43. The fourth-order valence-corrected chi connectivity index (χ4v) is 1.87. The molecule has 0 aromatic heterocycles. The van der Waals surface area contributed by atoms with Crippen LogP contribution < -0.4 is 34.7 Å². The fourth-order valence-electron chi connectivity index (χ4n) is 1.87. The molecule has 1 fully saturated rings. The Hall–Kier alpha value is -0.850. The summed E-state index contributed by atoms with van der Waals surface area (Å²) in [6, 6.07) is -0.181. The second-order valence-corrected chi connectivity index (χ2v) is 3.48. The molecule has 2 rings (SSSR count). The molecule has 1 atom stereocenters. The first-order valence-electron chi connectivity index (χ1n) is 4.45. The van der Waals surface area contributed by atoms with E-state index in [1.54, 1.807) is 0 Å². The average Bonchev–Trinajstić information content (AvgIpc) is 2.37. The van der Waals surface area contributed by atoms with E-state index in [1.807, 2.05) is 0 Å². The zero-order chi connectivity index (χ0) is 11.2. The van der Waals surface area contributed by atoms with Gasteiger partial charge in [-0.3, -0.25) is 9.59 Å². The average molecular weight is 233 g/mol. The van der Waals surface area contributed by atoms with Crippen molar-refractivity contribution in [2.75, 3.05) is 0 Å². The minimum Gasteiger partial charge on any atom is -0.543 e. The van der Waals surface area contributed by atoms with E-state index in [4.69, 9.17) is 4.74 Å². The molecule has 1 amide bonds. The van der Waals surface area contributed by atoms with Crippen molar-refractivity contribution < 1.29 is 53.8 Å². The predicted molar refractivity (Wildman–Crippen MR) is 43.7 cm³/mol. The van der Waals surface area contributed by atoms with Crippen LogP contribution in [-0.2, 0) is 19.1 Å². The molecule has 2 aliphatic heterocycles. The topological polar surface area (TPSA) is 86.7 Å². The molecule has 2 aliphatic rings. The molecule has 6 nitrogen and oxygen atoms in total. The van der Waals surface area contributed by atoms with Crippen molar-refractivity contribution in [2.24, 2.45) is 0 Å². The SMILES string of the molecule is CC(=O)OC1=C(C(=O)[O-])N2C(=O)CC2C1.[Na+]. The van der Waals surface area contributed by atoms with Crippen LogP contribution in [0.15, 0.2) is 11.5 Å². The molecule has 0 bridgehead atoms. The zero-order valence-corrected chi connectivity index (χ0v) is 11.0. The number of aliphatic carboxylic acids is 1. The van der Waals surface area contributed by atoms with Gasteiger partial charge in [0.05, 0.1) is 12.0 Å². The van der Waals surface area contributed by atoms with E-state index >= 15 is 0 Å². The van der Waals surface area contributed by atoms with Crippen LogP contribution in [0.3, 0.4) is 0 Å². The van der Waals surface area contributed by atoms with Crippen LogP contribution in [0.5, 0.6) is 0 Å². The molecule has 2 heterocycles. The number of carboxylic acid groups (broad SMARTS) is 1. The van der Waals surface area contributed by atoms with E-state index in [-0.39, 0.29) is 59.4 Å². The van der Waals surface area contributed by atoms with Gasteiger partial charge in [-0.15, -0.1) is 0 Å². The van der Waals surface area contributed by atoms with Gasteiger partial charge in [0.1, 0.15) is 11.5 Å². The smallest absolute Gasteiger partial charge is 0.543 e. The number of carbonyl (C=O) groups excluding carboxylic acids is 3. The molecule has 0 saturated carbocycles. The van der Waals surface area contributed by atoms with Gasteiger partial charge in [0, 0.05) is 19.8 Å². The molecule has 7 heteroatoms. The number of esters is 1. The Kier molecular flexibility index (Phi) is 3.77. The van der Waals surface area contributed by atoms with Crippen molar-refractivity contribution in [3.05, 3.63) is 11.5 Å². The first-order chi connectivity index (χ1) is 7.00. The first-order valence-corrected chi connectivity index (χ1v) is 4.45. The summed E-state index contributed by atoms with van der Waals surface area (Å²) in [5, 5.41) is 10.8. The molecule has 80 valence electrons. The number of hydrogen-bond donors (Lipinski definition) is 0. The van der Waals surface area contributed by atoms with E-state index in [1.165, 1.54) is 6.92 Å². The summed E-state index contributed by atoms with van der Waals surface area (Å²) in [7, 11) is 0. The van der Waals surface area contributed by atoms with Crippen LogP contribution in [-0.4, -0.2) is 28.8 Å². The van der Waals surface area contributed by atoms with Gasteiger partial charge in [0.2, 0.25) is 5.91 Å². The molecule has 0 spiro atoms. The summed E-state index contributed by atoms with van der Waals surface area (Å²) in [5.74, 6) is -2.33. The second kappa shape index (κ2) is 4.57. The van der Waals surface area contributed by atoms with Crippen LogP contribution >= 0.6 is 0 Å². The van der Waals surface area contributed by atoms with Crippen LogP contribution in [0.2, 0.25) is 0 Å². The second-order valence-electron chi connectivity index (χ2n) is 3.48. The molecular formula is C9H8NNaO5. The number of amides is 1. The molecule has 16 heavy (non-hydrogen) atoms. The largest absolute Gasteiger partial charge is 1.00 e. The summed E-state index contributed by atoms with van der Waals surface area (Å²) < 4.78 is 4.74. The van der Waals surface area contributed by atoms with E-state index < -0.39 is 11.9 Å². The number of fused-ring (bicyclic) bond motifs is 1. The van der Waals surface area contributed by atoms with Gasteiger partial charge in [-0.1, -0.05) is 0 Å². The number of β-lactam (4-membered cyclic amide) rings is 1. The monoisotopic (exact) mass is 233 g/mol. The minimum absolute atomic E-state index is 0. The van der Waals surface area contributed by atoms with Crippen molar-refractivity contribution in [3.63, 3.8) is 0 Å². The van der Waals surface area contributed by atoms with E-state index in [9.17, 15) is 19.5 Å². The van der Waals surface area contributed by atoms with Gasteiger partial charge in [0.25, 0.3) is 0 Å². The van der Waals surface area contributed by atoms with Crippen LogP contribution in [0.4, 0.5) is 0 Å². The van der Waals surface area contributed by atoms with Gasteiger partial charge in [-0.05, 0) is 0 Å². The predicted octanol–water partition coefficient (Wildman–Crippen LogP) is -4.48. The summed E-state index contributed by atoms with van der Waals surface area (Å²) in [6.07, 6.45) is 0.566. The van der Waals surface area contributed by atoms with Gasteiger partial charge in [-0.2, -0.15) is 0 Å². The zero-order valence-electron chi connectivity index (χ0n) is 8.98. The summed E-state index contributed by atoms with van der Waals surface area (Å²) in [6.45, 7) is 1.18. The van der Waals surface area contributed by atoms with Crippen LogP contribution in [0.1, 0.15) is 19.8 Å². The number of nitrogens with zero attached hydrogens (tertiary/aromatic N) is 1. The molecule has 1 saturated heterocycles. The molecule has 1 unspecified atom stereocenters. The van der Waals surface area contributed by atoms with Crippen molar-refractivity contribution in [2.45, 2.75) is 25.8 Å². The first kappa shape index (κ1) is 13.2. The van der Waals surface area contributed by atoms with Gasteiger partial charge >= 0.3 is 35.5 Å². The maximum absolute atomic E-state index is 11.1. The Morgan fingerprint density at radius 2 is 2.06 bits per heavy atom. The Morgan fingerprint density at radius 1 is 1.44 bits per heavy atom. The van der Waals surface area contributed by atoms with E-state index in [2.05, 4.69) is 0 Å². The van der Waals surface area contributed by atoms with Crippen molar-refractivity contribution in [1.29, 1.82) is 0 Å². The Balaban J connectivity index is 0.00000128. The van der Waals surface area contributed by atoms with Crippen molar-refractivity contribution in [1.82, 2.24) is 4.90 Å². The van der Waals surface area contributed by atoms with Crippen LogP contribution in [0.25, 0.3) is 0 Å². The summed E-state index contributed by atoms with van der Waals surface area (Å²) in [5.41, 5.74) is -0.300. The van der Waals surface area contributed by atoms with Crippen molar-refractivity contribution >= 4 is 17.8 Å². The number of carboxylic acids is 1. The third kappa shape index (κ3) is 2.00. The van der Waals surface area contributed by atoms with Crippen LogP contribution in [0, 0.1) is 0 Å². The standard InChI is InChI=1S/C9H9NO5.Na/c1-4(11)15-6-2-5-3-7(12)10(5)8(6)9(13)14;/h5H,2-3H2,1H3,(H,13,14);/q;+1/p-1. The van der Waals surface area contributed by atoms with Gasteiger partial charge in [-0.25, -0.2) is 0 Å². The molecule has 0 N–H and O–H groups in total. The minimum atomic E-state index is -1.48. The Labute approximate surface area is 114 Å². The molecule has 0 aromatic carbocycles. The number of rotatable bonds is 2. The van der Waals surface area contributed by atoms with E-state index in [0.717, 1.165) is 4.90 Å². The number of hydrogen-bond acceptors (Lipinski definition) is 5. The third-order valence-electron chi connectivity index (χ3n) is 2.43. The Bertz CT molecular complexity index is 403. The van der Waals surface area contributed by atoms with Crippen molar-refractivity contribution in [3.8, 4) is 0 Å². The normalized spacial score (nSPS) is 22.2. The quantitative estimate of drug-likeness (QED) is 0.272. The molecule has 0 radical (unpaired) electrons. The van der Waals surface area contributed by atoms with Gasteiger partial charge < -0.3 is 19.5 Å². The maximum Gasteiger partial charge on any atom is 1.00 e. The molecule has 0 aliphatic carbocycles. The fraction of sp³-hybridized carbons (Fsp3) is 0.444. The molecule has 0 aromatic rings. The summed E-state index contributed by atoms with van der Waals surface area (Å²) in [4.78, 5) is 33.7.